The molecule has 3 nitrogen and oxygen atoms in total. The summed E-state index contributed by atoms with van der Waals surface area (Å²) in [6, 6.07) is 15.4. The van der Waals surface area contributed by atoms with E-state index in [1.807, 2.05) is 49.4 Å². The number of nitriles is 1. The van der Waals surface area contributed by atoms with Crippen molar-refractivity contribution in [1.29, 1.82) is 5.26 Å². The van der Waals surface area contributed by atoms with Gasteiger partial charge in [-0.25, -0.2) is 0 Å². The third-order valence-corrected chi connectivity index (χ3v) is 2.81. The molecule has 96 valence electrons. The van der Waals surface area contributed by atoms with Gasteiger partial charge in [0.25, 0.3) is 0 Å². The van der Waals surface area contributed by atoms with Crippen LogP contribution in [0.1, 0.15) is 16.7 Å². The van der Waals surface area contributed by atoms with Crippen molar-refractivity contribution in [1.82, 2.24) is 0 Å². The Morgan fingerprint density at radius 2 is 1.84 bits per heavy atom. The maximum absolute atomic E-state index is 9.06. The molecular weight excluding hydrogens is 238 g/mol. The lowest BCUT2D eigenvalue weighted by Gasteiger charge is -2.09. The highest BCUT2D eigenvalue weighted by Gasteiger charge is 2.04. The van der Waals surface area contributed by atoms with Gasteiger partial charge >= 0.3 is 0 Å². The number of hydrogen-bond donors (Lipinski definition) is 0. The fraction of sp³-hybridized carbons (Fsp3) is 0.188. The molecule has 0 N–H and O–H groups in total. The summed E-state index contributed by atoms with van der Waals surface area (Å²) < 4.78 is 10.8. The van der Waals surface area contributed by atoms with Gasteiger partial charge in [0.1, 0.15) is 24.2 Å². The van der Waals surface area contributed by atoms with E-state index in [0.29, 0.717) is 17.9 Å². The molecule has 0 unspecified atom stereocenters. The Hall–Kier alpha value is -2.47. The van der Waals surface area contributed by atoms with E-state index in [9.17, 15) is 0 Å². The Kier molecular flexibility index (Phi) is 4.04. The molecule has 0 spiro atoms. The molecule has 0 aliphatic carbocycles. The SMILES string of the molecule is COc1ccc(COc2ccc(C)cc2C#N)cc1. The molecule has 0 atom stereocenters. The van der Waals surface area contributed by atoms with Crippen LogP contribution in [0.15, 0.2) is 42.5 Å². The first-order valence-corrected chi connectivity index (χ1v) is 5.99. The van der Waals surface area contributed by atoms with E-state index in [2.05, 4.69) is 6.07 Å². The molecule has 0 aromatic heterocycles. The number of hydrogen-bond acceptors (Lipinski definition) is 3. The lowest BCUT2D eigenvalue weighted by atomic mass is 10.1. The summed E-state index contributed by atoms with van der Waals surface area (Å²) in [5.74, 6) is 1.43. The first kappa shape index (κ1) is 13.0. The predicted octanol–water partition coefficient (Wildman–Crippen LogP) is 3.45. The Bertz CT molecular complexity index is 597. The average molecular weight is 253 g/mol. The van der Waals surface area contributed by atoms with Crippen LogP contribution in [0.25, 0.3) is 0 Å². The topological polar surface area (TPSA) is 42.2 Å². The van der Waals surface area contributed by atoms with Crippen molar-refractivity contribution in [2.75, 3.05) is 7.11 Å². The molecule has 2 aromatic carbocycles. The van der Waals surface area contributed by atoms with Crippen LogP contribution in [0.3, 0.4) is 0 Å². The second-order valence-electron chi connectivity index (χ2n) is 4.25. The zero-order valence-corrected chi connectivity index (χ0v) is 11.0. The lowest BCUT2D eigenvalue weighted by molar-refractivity contribution is 0.305. The van der Waals surface area contributed by atoms with Gasteiger partial charge in [0.05, 0.1) is 12.7 Å². The monoisotopic (exact) mass is 253 g/mol. The Morgan fingerprint density at radius 3 is 2.47 bits per heavy atom. The Labute approximate surface area is 113 Å². The van der Waals surface area contributed by atoms with Gasteiger partial charge in [0, 0.05) is 0 Å². The molecule has 0 aliphatic rings. The van der Waals surface area contributed by atoms with Crippen molar-refractivity contribution in [3.05, 3.63) is 59.2 Å². The minimum absolute atomic E-state index is 0.432. The minimum atomic E-state index is 0.432. The second-order valence-corrected chi connectivity index (χ2v) is 4.25. The quantitative estimate of drug-likeness (QED) is 0.838. The highest BCUT2D eigenvalue weighted by molar-refractivity contribution is 5.45. The van der Waals surface area contributed by atoms with Crippen molar-refractivity contribution in [2.24, 2.45) is 0 Å². The van der Waals surface area contributed by atoms with Crippen LogP contribution in [-0.2, 0) is 6.61 Å². The van der Waals surface area contributed by atoms with Gasteiger partial charge < -0.3 is 9.47 Å². The maximum atomic E-state index is 9.06. The normalized spacial score (nSPS) is 9.74. The van der Waals surface area contributed by atoms with E-state index >= 15 is 0 Å². The molecule has 0 saturated carbocycles. The fourth-order valence-corrected chi connectivity index (χ4v) is 1.74. The standard InChI is InChI=1S/C16H15NO2/c1-12-3-8-16(14(9-12)10-17)19-11-13-4-6-15(18-2)7-5-13/h3-9H,11H2,1-2H3. The molecular formula is C16H15NO2. The van der Waals surface area contributed by atoms with Crippen LogP contribution in [-0.4, -0.2) is 7.11 Å². The second kappa shape index (κ2) is 5.92. The Morgan fingerprint density at radius 1 is 1.11 bits per heavy atom. The van der Waals surface area contributed by atoms with Crippen LogP contribution in [0, 0.1) is 18.3 Å². The van der Waals surface area contributed by atoms with E-state index in [-0.39, 0.29) is 0 Å². The third kappa shape index (κ3) is 3.26. The van der Waals surface area contributed by atoms with E-state index in [1.54, 1.807) is 7.11 Å². The van der Waals surface area contributed by atoms with Gasteiger partial charge in [-0.3, -0.25) is 0 Å². The number of methoxy groups -OCH3 is 1. The molecule has 19 heavy (non-hydrogen) atoms. The summed E-state index contributed by atoms with van der Waals surface area (Å²) >= 11 is 0. The van der Waals surface area contributed by atoms with Crippen LogP contribution in [0.4, 0.5) is 0 Å². The molecule has 0 aliphatic heterocycles. The number of benzene rings is 2. The van der Waals surface area contributed by atoms with Gasteiger partial charge in [0.15, 0.2) is 0 Å². The average Bonchev–Trinajstić information content (AvgIpc) is 2.46. The Balaban J connectivity index is 2.08. The van der Waals surface area contributed by atoms with Crippen molar-refractivity contribution in [3.8, 4) is 17.6 Å². The van der Waals surface area contributed by atoms with Gasteiger partial charge in [-0.05, 0) is 42.3 Å². The van der Waals surface area contributed by atoms with Gasteiger partial charge in [0.2, 0.25) is 0 Å². The third-order valence-electron chi connectivity index (χ3n) is 2.81. The van der Waals surface area contributed by atoms with Crippen molar-refractivity contribution < 1.29 is 9.47 Å². The smallest absolute Gasteiger partial charge is 0.137 e. The molecule has 2 rings (SSSR count). The molecule has 0 fully saturated rings. The summed E-state index contributed by atoms with van der Waals surface area (Å²) in [5, 5.41) is 9.06. The molecule has 0 amide bonds. The number of nitrogens with zero attached hydrogens (tertiary/aromatic N) is 1. The summed E-state index contributed by atoms with van der Waals surface area (Å²) in [4.78, 5) is 0. The highest BCUT2D eigenvalue weighted by Crippen LogP contribution is 2.20. The number of aryl methyl sites for hydroxylation is 1. The molecule has 0 bridgehead atoms. The fourth-order valence-electron chi connectivity index (χ4n) is 1.74. The summed E-state index contributed by atoms with van der Waals surface area (Å²) in [6.07, 6.45) is 0. The molecule has 0 saturated heterocycles. The number of rotatable bonds is 4. The molecule has 0 radical (unpaired) electrons. The van der Waals surface area contributed by atoms with Crippen LogP contribution >= 0.6 is 0 Å². The van der Waals surface area contributed by atoms with Gasteiger partial charge in [-0.2, -0.15) is 5.26 Å². The summed E-state index contributed by atoms with van der Waals surface area (Å²) in [6.45, 7) is 2.38. The predicted molar refractivity (Wildman–Crippen MR) is 73.2 cm³/mol. The lowest BCUT2D eigenvalue weighted by Crippen LogP contribution is -1.97. The maximum Gasteiger partial charge on any atom is 0.137 e. The van der Waals surface area contributed by atoms with Crippen molar-refractivity contribution in [3.63, 3.8) is 0 Å². The minimum Gasteiger partial charge on any atom is -0.497 e. The van der Waals surface area contributed by atoms with Crippen molar-refractivity contribution in [2.45, 2.75) is 13.5 Å². The first-order valence-electron chi connectivity index (χ1n) is 5.99. The van der Waals surface area contributed by atoms with E-state index in [4.69, 9.17) is 14.7 Å². The summed E-state index contributed by atoms with van der Waals surface area (Å²) in [5.41, 5.74) is 2.65. The zero-order chi connectivity index (χ0) is 13.7. The highest BCUT2D eigenvalue weighted by atomic mass is 16.5. The molecule has 3 heteroatoms. The van der Waals surface area contributed by atoms with E-state index < -0.39 is 0 Å². The molecule has 2 aromatic rings. The van der Waals surface area contributed by atoms with E-state index in [1.165, 1.54) is 0 Å². The van der Waals surface area contributed by atoms with Crippen LogP contribution < -0.4 is 9.47 Å². The van der Waals surface area contributed by atoms with Crippen LogP contribution in [0.2, 0.25) is 0 Å². The molecule has 0 heterocycles. The summed E-state index contributed by atoms with van der Waals surface area (Å²) in [7, 11) is 1.64. The van der Waals surface area contributed by atoms with Crippen molar-refractivity contribution >= 4 is 0 Å². The van der Waals surface area contributed by atoms with Crippen LogP contribution in [0.5, 0.6) is 11.5 Å². The van der Waals surface area contributed by atoms with E-state index in [0.717, 1.165) is 16.9 Å². The zero-order valence-electron chi connectivity index (χ0n) is 11.0. The van der Waals surface area contributed by atoms with Gasteiger partial charge in [-0.15, -0.1) is 0 Å². The van der Waals surface area contributed by atoms with Gasteiger partial charge in [-0.1, -0.05) is 18.2 Å². The first-order chi connectivity index (χ1) is 9.22. The largest absolute Gasteiger partial charge is 0.497 e. The number of ether oxygens (including phenoxy) is 2.